The molecule has 2 aliphatic rings. The van der Waals surface area contributed by atoms with Crippen LogP contribution >= 0.6 is 0 Å². The van der Waals surface area contributed by atoms with Gasteiger partial charge in [0.1, 0.15) is 24.4 Å². The number of aliphatic hydroxyl groups excluding tert-OH is 5. The largest absolute Gasteiger partial charge is 0.394 e. The molecule has 11 heteroatoms. The summed E-state index contributed by atoms with van der Waals surface area (Å²) in [5.41, 5.74) is -0.176. The van der Waals surface area contributed by atoms with Crippen LogP contribution in [0, 0.1) is 12.3 Å². The van der Waals surface area contributed by atoms with Gasteiger partial charge in [-0.05, 0) is 44.9 Å². The fourth-order valence-corrected chi connectivity index (χ4v) is 6.47. The van der Waals surface area contributed by atoms with Gasteiger partial charge in [-0.1, -0.05) is 109 Å². The maximum atomic E-state index is 12.9. The van der Waals surface area contributed by atoms with Crippen LogP contribution in [-0.4, -0.2) is 93.2 Å². The van der Waals surface area contributed by atoms with Gasteiger partial charge in [0.15, 0.2) is 12.0 Å². The quantitative estimate of drug-likeness (QED) is 0.0290. The van der Waals surface area contributed by atoms with Gasteiger partial charge in [-0.2, -0.15) is 10.2 Å². The Morgan fingerprint density at radius 2 is 1.44 bits per heavy atom. The number of nitrogens with one attached hydrogen (secondary N) is 1. The summed E-state index contributed by atoms with van der Waals surface area (Å²) in [7, 11) is 0. The lowest BCUT2D eigenvalue weighted by Crippen LogP contribution is -2.60. The lowest BCUT2D eigenvalue weighted by Gasteiger charge is -2.40. The smallest absolute Gasteiger partial charge is 0.220 e. The zero-order chi connectivity index (χ0) is 36.5. The topological polar surface area (TPSA) is 173 Å². The van der Waals surface area contributed by atoms with Crippen LogP contribution in [0.25, 0.3) is 0 Å². The molecule has 1 fully saturated rings. The first kappa shape index (κ1) is 44.3. The number of rotatable bonds is 31. The molecule has 288 valence electrons. The second-order valence-corrected chi connectivity index (χ2v) is 14.3. The van der Waals surface area contributed by atoms with Crippen LogP contribution in [0.1, 0.15) is 155 Å². The summed E-state index contributed by atoms with van der Waals surface area (Å²) < 4.78 is 11.1. The van der Waals surface area contributed by atoms with Crippen molar-refractivity contribution < 1.29 is 39.8 Å². The van der Waals surface area contributed by atoms with Crippen LogP contribution in [-0.2, 0) is 14.3 Å². The van der Waals surface area contributed by atoms with E-state index in [0.717, 1.165) is 83.5 Å². The van der Waals surface area contributed by atoms with Crippen molar-refractivity contribution in [1.29, 1.82) is 0 Å². The van der Waals surface area contributed by atoms with Crippen molar-refractivity contribution in [3.05, 3.63) is 12.2 Å². The van der Waals surface area contributed by atoms with Crippen LogP contribution in [0.4, 0.5) is 0 Å². The molecule has 1 amide bonds. The maximum Gasteiger partial charge on any atom is 0.220 e. The third-order valence-electron chi connectivity index (χ3n) is 9.87. The van der Waals surface area contributed by atoms with E-state index in [-0.39, 0.29) is 18.2 Å². The molecule has 2 rings (SSSR count). The van der Waals surface area contributed by atoms with E-state index in [4.69, 9.17) is 15.9 Å². The Morgan fingerprint density at radius 1 is 0.860 bits per heavy atom. The molecule has 0 bridgehead atoms. The Bertz CT molecular complexity index is 981. The number of ether oxygens (including phenoxy) is 2. The summed E-state index contributed by atoms with van der Waals surface area (Å²) >= 11 is 0. The van der Waals surface area contributed by atoms with Crippen molar-refractivity contribution in [1.82, 2.24) is 5.32 Å². The number of nitrogens with zero attached hydrogens (tertiary/aromatic N) is 2. The molecule has 1 saturated heterocycles. The van der Waals surface area contributed by atoms with Crippen molar-refractivity contribution in [3.8, 4) is 12.3 Å². The minimum absolute atomic E-state index is 0.176. The zero-order valence-electron chi connectivity index (χ0n) is 30.8. The number of carbonyl (C=O) groups excluding carboxylic acids is 1. The first-order valence-electron chi connectivity index (χ1n) is 19.7. The molecule has 0 aromatic rings. The Labute approximate surface area is 301 Å². The number of amides is 1. The maximum absolute atomic E-state index is 12.9. The average Bonchev–Trinajstić information content (AvgIpc) is 3.89. The Kier molecular flexibility index (Phi) is 23.7. The summed E-state index contributed by atoms with van der Waals surface area (Å²) in [5, 5.41) is 62.4. The molecule has 50 heavy (non-hydrogen) atoms. The van der Waals surface area contributed by atoms with Gasteiger partial charge in [0.25, 0.3) is 0 Å². The lowest BCUT2D eigenvalue weighted by molar-refractivity contribution is -0.302. The zero-order valence-corrected chi connectivity index (χ0v) is 30.8. The molecule has 0 aromatic carbocycles. The minimum atomic E-state index is -1.58. The number of terminal acetylenes is 1. The predicted molar refractivity (Wildman–Crippen MR) is 195 cm³/mol. The Hall–Kier alpha value is -1.91. The van der Waals surface area contributed by atoms with E-state index >= 15 is 0 Å². The van der Waals surface area contributed by atoms with Crippen molar-refractivity contribution in [2.45, 2.75) is 203 Å². The van der Waals surface area contributed by atoms with Gasteiger partial charge >= 0.3 is 0 Å². The number of unbranched alkanes of at least 4 members (excludes halogenated alkanes) is 17. The third kappa shape index (κ3) is 18.5. The van der Waals surface area contributed by atoms with E-state index in [2.05, 4.69) is 28.4 Å². The van der Waals surface area contributed by atoms with Crippen LogP contribution in [0.5, 0.6) is 0 Å². The highest BCUT2D eigenvalue weighted by Gasteiger charge is 2.44. The second-order valence-electron chi connectivity index (χ2n) is 14.3. The highest BCUT2D eigenvalue weighted by atomic mass is 16.7. The molecule has 0 radical (unpaired) electrons. The fourth-order valence-electron chi connectivity index (χ4n) is 6.47. The van der Waals surface area contributed by atoms with E-state index < -0.39 is 49.5 Å². The molecule has 0 aromatic heterocycles. The summed E-state index contributed by atoms with van der Waals surface area (Å²) in [6.07, 6.45) is 25.4. The van der Waals surface area contributed by atoms with E-state index in [1.165, 1.54) is 57.8 Å². The summed E-state index contributed by atoms with van der Waals surface area (Å²) in [6, 6.07) is -0.824. The molecule has 2 aliphatic heterocycles. The number of hydrogen-bond donors (Lipinski definition) is 6. The molecule has 0 aliphatic carbocycles. The molecular formula is C39H69N3O8. The molecule has 11 nitrogen and oxygen atoms in total. The minimum Gasteiger partial charge on any atom is -0.394 e. The molecule has 7 atom stereocenters. The molecular weight excluding hydrogens is 638 g/mol. The molecule has 0 saturated carbocycles. The first-order chi connectivity index (χ1) is 24.3. The first-order valence-corrected chi connectivity index (χ1v) is 19.7. The van der Waals surface area contributed by atoms with Crippen molar-refractivity contribution in [2.75, 3.05) is 13.2 Å². The summed E-state index contributed by atoms with van der Waals surface area (Å²) in [4.78, 5) is 12.9. The van der Waals surface area contributed by atoms with Crippen LogP contribution in [0.3, 0.4) is 0 Å². The van der Waals surface area contributed by atoms with Gasteiger partial charge in [0.05, 0.1) is 25.4 Å². The predicted octanol–water partition coefficient (Wildman–Crippen LogP) is 5.99. The van der Waals surface area contributed by atoms with Crippen molar-refractivity contribution in [2.24, 2.45) is 10.2 Å². The molecule has 2 heterocycles. The van der Waals surface area contributed by atoms with Crippen LogP contribution < -0.4 is 5.32 Å². The average molecular weight is 708 g/mol. The number of hydrogen-bond acceptors (Lipinski definition) is 10. The van der Waals surface area contributed by atoms with Gasteiger partial charge < -0.3 is 40.3 Å². The van der Waals surface area contributed by atoms with Gasteiger partial charge in [-0.3, -0.25) is 4.79 Å². The van der Waals surface area contributed by atoms with E-state index in [9.17, 15) is 30.3 Å². The fraction of sp³-hybridized carbons (Fsp3) is 0.872. The van der Waals surface area contributed by atoms with E-state index in [0.29, 0.717) is 6.42 Å². The summed E-state index contributed by atoms with van der Waals surface area (Å²) in [6.45, 7) is 1.46. The van der Waals surface area contributed by atoms with E-state index in [1.54, 1.807) is 6.08 Å². The Morgan fingerprint density at radius 3 is 2.04 bits per heavy atom. The van der Waals surface area contributed by atoms with Crippen LogP contribution in [0.15, 0.2) is 22.4 Å². The lowest BCUT2D eigenvalue weighted by atomic mass is 9.98. The van der Waals surface area contributed by atoms with Crippen molar-refractivity contribution >= 4 is 5.91 Å². The molecule has 0 spiro atoms. The van der Waals surface area contributed by atoms with Gasteiger partial charge in [-0.25, -0.2) is 0 Å². The number of allylic oxidation sites excluding steroid dienone is 1. The summed E-state index contributed by atoms with van der Waals surface area (Å²) in [5.74, 6) is 2.46. The second kappa shape index (κ2) is 26.8. The highest BCUT2D eigenvalue weighted by Crippen LogP contribution is 2.38. The SMILES string of the molecule is C#CCCCC1(CCCCCCCCC(=O)N[C@@H](CO[C@@H]2O[C@H](CO)[C@@H](O)[C@H](O)[C@H]2O)[C@H](O)/C=C/CCCCCCCCCCCCC)N=N1. The standard InChI is InChI=1S/C39H69N3O8/c1-3-5-7-8-9-10-11-12-13-14-15-18-21-25-32(44)31(30-49-38-37(48)36(47)35(46)33(29-43)50-38)40-34(45)26-22-19-16-17-20-24-28-39(41-42-39)27-23-6-4-2/h2,21,25,31-33,35-38,43-44,46-48H,3,5-20,22-24,26-30H2,1H3,(H,40,45)/b25-21+/t31-,32+,33+,35+,36-,37+,38+/m0/s1. The van der Waals surface area contributed by atoms with Gasteiger partial charge in [0, 0.05) is 12.8 Å². The third-order valence-corrected chi connectivity index (χ3v) is 9.87. The van der Waals surface area contributed by atoms with Crippen LogP contribution in [0.2, 0.25) is 0 Å². The highest BCUT2D eigenvalue weighted by molar-refractivity contribution is 5.76. The van der Waals surface area contributed by atoms with Gasteiger partial charge in [-0.15, -0.1) is 12.3 Å². The van der Waals surface area contributed by atoms with Gasteiger partial charge in [0.2, 0.25) is 5.91 Å². The number of carbonyl (C=O) groups is 1. The normalized spacial score (nSPS) is 23.9. The molecule has 0 unspecified atom stereocenters. The monoisotopic (exact) mass is 708 g/mol. The van der Waals surface area contributed by atoms with Crippen molar-refractivity contribution in [3.63, 3.8) is 0 Å². The Balaban J connectivity index is 1.72. The van der Waals surface area contributed by atoms with E-state index in [1.807, 2.05) is 6.08 Å². The molecule has 6 N–H and O–H groups in total. The number of aliphatic hydroxyl groups is 5.